The van der Waals surface area contributed by atoms with Crippen LogP contribution in [0.15, 0.2) is 0 Å². The maximum atomic E-state index is 13.2. The van der Waals surface area contributed by atoms with Crippen LogP contribution in [0.1, 0.15) is 38.5 Å². The average Bonchev–Trinajstić information content (AvgIpc) is 2.53. The highest BCUT2D eigenvalue weighted by molar-refractivity contribution is 7.86. The lowest BCUT2D eigenvalue weighted by atomic mass is 9.41. The third-order valence-corrected chi connectivity index (χ3v) is 7.38. The second-order valence-electron chi connectivity index (χ2n) is 7.79. The normalized spacial score (nSPS) is 45.5. The van der Waals surface area contributed by atoms with Crippen molar-refractivity contribution in [2.45, 2.75) is 43.8 Å². The van der Waals surface area contributed by atoms with Crippen molar-refractivity contribution in [3.05, 3.63) is 0 Å². The Bertz CT molecular complexity index is 642. The number of hydrogen-bond acceptors (Lipinski definition) is 4. The van der Waals surface area contributed by atoms with E-state index in [0.717, 1.165) is 19.3 Å². The number of ether oxygens (including phenoxy) is 1. The molecule has 0 aromatic carbocycles. The van der Waals surface area contributed by atoms with Crippen molar-refractivity contribution in [1.82, 2.24) is 0 Å². The van der Waals surface area contributed by atoms with E-state index in [1.165, 1.54) is 0 Å². The molecule has 5 aliphatic rings. The highest BCUT2D eigenvalue weighted by Gasteiger charge is 2.71. The molecule has 5 fully saturated rings. The lowest BCUT2D eigenvalue weighted by Crippen LogP contribution is -2.58. The number of halogens is 2. The van der Waals surface area contributed by atoms with Crippen LogP contribution in [-0.4, -0.2) is 30.8 Å². The van der Waals surface area contributed by atoms with Crippen LogP contribution >= 0.6 is 0 Å². The van der Waals surface area contributed by atoms with Gasteiger partial charge in [0.15, 0.2) is 6.61 Å². The average molecular weight is 336 g/mol. The van der Waals surface area contributed by atoms with Gasteiger partial charge in [-0.15, -0.1) is 0 Å². The first-order valence-electron chi connectivity index (χ1n) is 7.59. The van der Waals surface area contributed by atoms with E-state index < -0.39 is 33.4 Å². The summed E-state index contributed by atoms with van der Waals surface area (Å²) in [5.74, 6) is 0.909. The highest BCUT2D eigenvalue weighted by Crippen LogP contribution is 2.77. The predicted molar refractivity (Wildman–Crippen MR) is 70.5 cm³/mol. The van der Waals surface area contributed by atoms with Gasteiger partial charge in [0.25, 0.3) is 0 Å². The van der Waals surface area contributed by atoms with Crippen LogP contribution in [0.2, 0.25) is 0 Å². The first-order chi connectivity index (χ1) is 10.1. The maximum absolute atomic E-state index is 13.2. The second-order valence-corrected chi connectivity index (χ2v) is 9.34. The number of esters is 1. The molecule has 22 heavy (non-hydrogen) atoms. The van der Waals surface area contributed by atoms with Gasteiger partial charge in [-0.3, -0.25) is 9.35 Å². The molecule has 0 heterocycles. The van der Waals surface area contributed by atoms with Gasteiger partial charge in [0.1, 0.15) is 0 Å². The fraction of sp³-hybridized carbons (Fsp3) is 0.929. The summed E-state index contributed by atoms with van der Waals surface area (Å²) in [7, 11) is -5.57. The molecule has 0 aromatic rings. The van der Waals surface area contributed by atoms with Crippen molar-refractivity contribution in [3.63, 3.8) is 0 Å². The zero-order valence-corrected chi connectivity index (χ0v) is 12.7. The summed E-state index contributed by atoms with van der Waals surface area (Å²) >= 11 is 0. The molecule has 4 bridgehead atoms. The highest BCUT2D eigenvalue weighted by atomic mass is 32.2. The third kappa shape index (κ3) is 1.76. The van der Waals surface area contributed by atoms with E-state index in [4.69, 9.17) is 4.55 Å². The zero-order chi connectivity index (χ0) is 16.0. The topological polar surface area (TPSA) is 80.7 Å². The zero-order valence-electron chi connectivity index (χ0n) is 11.9. The summed E-state index contributed by atoms with van der Waals surface area (Å²) in [4.78, 5) is 12.4. The van der Waals surface area contributed by atoms with Crippen molar-refractivity contribution in [2.24, 2.45) is 28.6 Å². The van der Waals surface area contributed by atoms with E-state index in [2.05, 4.69) is 4.74 Å². The number of rotatable bonds is 4. The Kier molecular flexibility index (Phi) is 2.70. The number of fused-ring (bicyclic) bond motifs is 1. The van der Waals surface area contributed by atoms with Crippen molar-refractivity contribution < 1.29 is 31.3 Å². The van der Waals surface area contributed by atoms with Crippen LogP contribution < -0.4 is 0 Å². The van der Waals surface area contributed by atoms with Gasteiger partial charge in [0.2, 0.25) is 0 Å². The van der Waals surface area contributed by atoms with Gasteiger partial charge in [0.05, 0.1) is 5.41 Å². The maximum Gasteiger partial charge on any atom is 0.402 e. The van der Waals surface area contributed by atoms with Crippen molar-refractivity contribution in [1.29, 1.82) is 0 Å². The summed E-state index contributed by atoms with van der Waals surface area (Å²) in [5, 5.41) is -4.45. The Morgan fingerprint density at radius 1 is 1.27 bits per heavy atom. The molecule has 0 saturated heterocycles. The lowest BCUT2D eigenvalue weighted by Gasteiger charge is -2.63. The molecule has 5 rings (SSSR count). The summed E-state index contributed by atoms with van der Waals surface area (Å²) < 4.78 is 60.8. The molecule has 5 saturated carbocycles. The smallest absolute Gasteiger partial charge is 0.402 e. The SMILES string of the molecule is O=C(OCC(F)(F)S(=O)(=O)O)C12CC3CC4C(C1)CC4(C3)C2. The summed E-state index contributed by atoms with van der Waals surface area (Å²) in [6.45, 7) is -1.61. The molecule has 5 atom stereocenters. The van der Waals surface area contributed by atoms with E-state index in [1.54, 1.807) is 0 Å². The van der Waals surface area contributed by atoms with Crippen LogP contribution in [0.5, 0.6) is 0 Å². The molecule has 0 radical (unpaired) electrons. The second kappa shape index (κ2) is 4.01. The van der Waals surface area contributed by atoms with Crippen LogP contribution in [0.25, 0.3) is 0 Å². The molecule has 8 heteroatoms. The molecule has 0 amide bonds. The number of hydrogen-bond donors (Lipinski definition) is 1. The fourth-order valence-corrected chi connectivity index (χ4v) is 6.28. The van der Waals surface area contributed by atoms with Crippen LogP contribution in [0, 0.1) is 28.6 Å². The molecule has 5 nitrogen and oxygen atoms in total. The van der Waals surface area contributed by atoms with Gasteiger partial charge in [0, 0.05) is 0 Å². The molecule has 1 spiro atoms. The minimum Gasteiger partial charge on any atom is -0.458 e. The van der Waals surface area contributed by atoms with E-state index in [9.17, 15) is 22.0 Å². The minimum absolute atomic E-state index is 0.205. The molecule has 5 unspecified atom stereocenters. The van der Waals surface area contributed by atoms with E-state index >= 15 is 0 Å². The van der Waals surface area contributed by atoms with Crippen molar-refractivity contribution >= 4 is 16.1 Å². The van der Waals surface area contributed by atoms with Crippen molar-refractivity contribution in [3.8, 4) is 0 Å². The molecule has 124 valence electrons. The van der Waals surface area contributed by atoms with Crippen LogP contribution in [0.4, 0.5) is 8.78 Å². The first kappa shape index (κ1) is 14.8. The monoisotopic (exact) mass is 336 g/mol. The molecule has 0 aliphatic heterocycles. The predicted octanol–water partition coefficient (Wildman–Crippen LogP) is 2.23. The minimum atomic E-state index is -5.57. The Labute approximate surface area is 127 Å². The largest absolute Gasteiger partial charge is 0.458 e. The third-order valence-electron chi connectivity index (χ3n) is 6.51. The first-order valence-corrected chi connectivity index (χ1v) is 9.03. The standard InChI is InChI=1S/C14H18F2O5S/c15-14(16,22(18,19)20)7-21-11(17)13-3-8-1-10-9(5-13)4-12(10,2-8)6-13/h8-10H,1-7H2,(H,18,19,20). The van der Waals surface area contributed by atoms with Gasteiger partial charge in [-0.05, 0) is 61.7 Å². The molecular formula is C14H18F2O5S. The molecule has 0 aromatic heterocycles. The van der Waals surface area contributed by atoms with Gasteiger partial charge < -0.3 is 4.74 Å². The van der Waals surface area contributed by atoms with E-state index in [1.807, 2.05) is 0 Å². The number of alkyl halides is 2. The van der Waals surface area contributed by atoms with Gasteiger partial charge in [-0.25, -0.2) is 0 Å². The van der Waals surface area contributed by atoms with E-state index in [-0.39, 0.29) is 5.41 Å². The summed E-state index contributed by atoms with van der Waals surface area (Å²) in [5.41, 5.74) is -0.509. The summed E-state index contributed by atoms with van der Waals surface area (Å²) in [6.07, 6.45) is 5.41. The quantitative estimate of drug-likeness (QED) is 0.629. The Hall–Kier alpha value is -0.760. The molecule has 1 N–H and O–H groups in total. The Balaban J connectivity index is 1.50. The van der Waals surface area contributed by atoms with Gasteiger partial charge >= 0.3 is 21.3 Å². The number of carbonyl (C=O) groups excluding carboxylic acids is 1. The molecular weight excluding hydrogens is 318 g/mol. The lowest BCUT2D eigenvalue weighted by molar-refractivity contribution is -0.192. The van der Waals surface area contributed by atoms with E-state index in [0.29, 0.717) is 37.0 Å². The van der Waals surface area contributed by atoms with Crippen LogP contribution in [-0.2, 0) is 19.6 Å². The van der Waals surface area contributed by atoms with Crippen LogP contribution in [0.3, 0.4) is 0 Å². The van der Waals surface area contributed by atoms with Crippen molar-refractivity contribution in [2.75, 3.05) is 6.61 Å². The molecule has 5 aliphatic carbocycles. The Morgan fingerprint density at radius 2 is 2.00 bits per heavy atom. The van der Waals surface area contributed by atoms with Gasteiger partial charge in [-0.1, -0.05) is 0 Å². The fourth-order valence-electron chi connectivity index (χ4n) is 6.07. The van der Waals surface area contributed by atoms with Gasteiger partial charge in [-0.2, -0.15) is 17.2 Å². The Morgan fingerprint density at radius 3 is 2.68 bits per heavy atom. The number of carbonyl (C=O) groups is 1. The summed E-state index contributed by atoms with van der Waals surface area (Å²) in [6, 6.07) is 0.